The topological polar surface area (TPSA) is 122 Å². The first kappa shape index (κ1) is 12.9. The number of amides is 1. The van der Waals surface area contributed by atoms with Crippen LogP contribution >= 0.6 is 0 Å². The number of hydrogen-bond acceptors (Lipinski definition) is 5. The van der Waals surface area contributed by atoms with Gasteiger partial charge in [-0.25, -0.2) is 0 Å². The van der Waals surface area contributed by atoms with Gasteiger partial charge in [-0.2, -0.15) is 0 Å². The predicted molar refractivity (Wildman–Crippen MR) is 53.6 cm³/mol. The number of ether oxygens (including phenoxy) is 1. The molecule has 0 aromatic carbocycles. The van der Waals surface area contributed by atoms with E-state index in [9.17, 15) is 14.7 Å². The molecule has 1 fully saturated rings. The zero-order chi connectivity index (χ0) is 12.1. The van der Waals surface area contributed by atoms with Crippen molar-refractivity contribution in [1.29, 1.82) is 0 Å². The number of nitrogens with two attached hydrogens (primary N) is 1. The number of aliphatic carboxylic acids is 1. The first-order valence-corrected chi connectivity index (χ1v) is 5.02. The molecular weight excluding hydrogens is 216 g/mol. The summed E-state index contributed by atoms with van der Waals surface area (Å²) in [6, 6.07) is -1.38. The Labute approximate surface area is 92.6 Å². The van der Waals surface area contributed by atoms with E-state index in [-0.39, 0.29) is 12.6 Å². The van der Waals surface area contributed by atoms with Crippen LogP contribution in [0.15, 0.2) is 0 Å². The molecule has 1 heterocycles. The summed E-state index contributed by atoms with van der Waals surface area (Å²) in [5, 5.41) is 20.3. The SMILES string of the molecule is NC(CC(=O)O)C(=O)NC1COCC(O)C1. The monoisotopic (exact) mass is 232 g/mol. The first-order valence-electron chi connectivity index (χ1n) is 5.02. The highest BCUT2D eigenvalue weighted by molar-refractivity contribution is 5.86. The fourth-order valence-electron chi connectivity index (χ4n) is 1.50. The number of rotatable bonds is 4. The van der Waals surface area contributed by atoms with Crippen molar-refractivity contribution in [1.82, 2.24) is 5.32 Å². The lowest BCUT2D eigenvalue weighted by atomic mass is 10.1. The lowest BCUT2D eigenvalue weighted by Crippen LogP contribution is -2.50. The van der Waals surface area contributed by atoms with Gasteiger partial charge in [0.15, 0.2) is 0 Å². The van der Waals surface area contributed by atoms with Crippen LogP contribution in [0.4, 0.5) is 0 Å². The highest BCUT2D eigenvalue weighted by Gasteiger charge is 2.25. The molecule has 0 aromatic heterocycles. The number of carbonyl (C=O) groups is 2. The minimum absolute atomic E-state index is 0.257. The summed E-state index contributed by atoms with van der Waals surface area (Å²) < 4.78 is 5.03. The van der Waals surface area contributed by atoms with Crippen molar-refractivity contribution in [2.45, 2.75) is 31.0 Å². The van der Waals surface area contributed by atoms with Crippen molar-refractivity contribution in [2.75, 3.05) is 13.2 Å². The summed E-state index contributed by atoms with van der Waals surface area (Å²) in [6.07, 6.45) is -0.622. The normalized spacial score (nSPS) is 27.1. The molecule has 0 spiro atoms. The highest BCUT2D eigenvalue weighted by atomic mass is 16.5. The molecule has 7 heteroatoms. The molecule has 0 aliphatic carbocycles. The van der Waals surface area contributed by atoms with Crippen LogP contribution in [0.1, 0.15) is 12.8 Å². The van der Waals surface area contributed by atoms with E-state index in [0.717, 1.165) is 0 Å². The minimum atomic E-state index is -1.12. The Morgan fingerprint density at radius 2 is 2.19 bits per heavy atom. The van der Waals surface area contributed by atoms with Gasteiger partial charge < -0.3 is 26.0 Å². The third kappa shape index (κ3) is 4.13. The lowest BCUT2D eigenvalue weighted by Gasteiger charge is -2.27. The second kappa shape index (κ2) is 5.78. The molecule has 5 N–H and O–H groups in total. The maximum atomic E-state index is 11.4. The van der Waals surface area contributed by atoms with Gasteiger partial charge in [0.2, 0.25) is 5.91 Å². The van der Waals surface area contributed by atoms with E-state index in [2.05, 4.69) is 5.32 Å². The average molecular weight is 232 g/mol. The van der Waals surface area contributed by atoms with Crippen LogP contribution in [0, 0.1) is 0 Å². The highest BCUT2D eigenvalue weighted by Crippen LogP contribution is 2.07. The third-order valence-electron chi connectivity index (χ3n) is 2.26. The number of aliphatic hydroxyl groups is 1. The van der Waals surface area contributed by atoms with Gasteiger partial charge in [0.25, 0.3) is 0 Å². The van der Waals surface area contributed by atoms with E-state index < -0.39 is 30.4 Å². The molecule has 3 unspecified atom stereocenters. The molecule has 1 aliphatic heterocycles. The molecule has 1 amide bonds. The molecule has 0 aromatic rings. The summed E-state index contributed by atoms with van der Waals surface area (Å²) in [5.74, 6) is -1.66. The van der Waals surface area contributed by atoms with Crippen LogP contribution in [-0.2, 0) is 14.3 Å². The summed E-state index contributed by atoms with van der Waals surface area (Å²) >= 11 is 0. The zero-order valence-corrected chi connectivity index (χ0v) is 8.76. The molecule has 1 rings (SSSR count). The van der Waals surface area contributed by atoms with Gasteiger partial charge in [0.1, 0.15) is 0 Å². The van der Waals surface area contributed by atoms with Crippen molar-refractivity contribution in [3.63, 3.8) is 0 Å². The molecule has 0 bridgehead atoms. The Hall–Kier alpha value is -1.18. The van der Waals surface area contributed by atoms with Crippen LogP contribution in [-0.4, -0.2) is 53.5 Å². The maximum Gasteiger partial charge on any atom is 0.305 e. The first-order chi connectivity index (χ1) is 7.49. The Morgan fingerprint density at radius 1 is 1.50 bits per heavy atom. The molecule has 0 saturated carbocycles. The van der Waals surface area contributed by atoms with E-state index in [1.165, 1.54) is 0 Å². The van der Waals surface area contributed by atoms with Crippen molar-refractivity contribution >= 4 is 11.9 Å². The molecule has 0 radical (unpaired) electrons. The van der Waals surface area contributed by atoms with E-state index >= 15 is 0 Å². The largest absolute Gasteiger partial charge is 0.481 e. The van der Waals surface area contributed by atoms with Gasteiger partial charge in [0.05, 0.1) is 37.8 Å². The fourth-order valence-corrected chi connectivity index (χ4v) is 1.50. The number of carbonyl (C=O) groups excluding carboxylic acids is 1. The minimum Gasteiger partial charge on any atom is -0.481 e. The standard InChI is InChI=1S/C9H16N2O5/c10-7(2-8(13)14)9(15)11-5-1-6(12)4-16-3-5/h5-7,12H,1-4,10H2,(H,11,15)(H,13,14). The molecule has 7 nitrogen and oxygen atoms in total. The van der Waals surface area contributed by atoms with Gasteiger partial charge in [-0.15, -0.1) is 0 Å². The van der Waals surface area contributed by atoms with Crippen LogP contribution in [0.5, 0.6) is 0 Å². The van der Waals surface area contributed by atoms with Crippen molar-refractivity contribution in [3.8, 4) is 0 Å². The summed E-state index contributed by atoms with van der Waals surface area (Å²) in [5.41, 5.74) is 5.37. The Balaban J connectivity index is 2.35. The molecule has 16 heavy (non-hydrogen) atoms. The van der Waals surface area contributed by atoms with Gasteiger partial charge in [-0.05, 0) is 6.42 Å². The molecule has 1 saturated heterocycles. The summed E-state index contributed by atoms with van der Waals surface area (Å²) in [4.78, 5) is 21.8. The van der Waals surface area contributed by atoms with Crippen molar-refractivity contribution in [2.24, 2.45) is 5.73 Å². The fraction of sp³-hybridized carbons (Fsp3) is 0.778. The van der Waals surface area contributed by atoms with Crippen LogP contribution in [0.2, 0.25) is 0 Å². The number of carboxylic acid groups (broad SMARTS) is 1. The molecular formula is C9H16N2O5. The van der Waals surface area contributed by atoms with Gasteiger partial charge in [-0.1, -0.05) is 0 Å². The van der Waals surface area contributed by atoms with E-state index in [1.54, 1.807) is 0 Å². The number of nitrogens with one attached hydrogen (secondary N) is 1. The number of hydrogen-bond donors (Lipinski definition) is 4. The average Bonchev–Trinajstić information content (AvgIpc) is 2.16. The van der Waals surface area contributed by atoms with E-state index in [4.69, 9.17) is 15.6 Å². The van der Waals surface area contributed by atoms with E-state index in [0.29, 0.717) is 13.0 Å². The summed E-state index contributed by atoms with van der Waals surface area (Å²) in [7, 11) is 0. The second-order valence-electron chi connectivity index (χ2n) is 3.84. The van der Waals surface area contributed by atoms with Crippen LogP contribution < -0.4 is 11.1 Å². The Morgan fingerprint density at radius 3 is 2.75 bits per heavy atom. The van der Waals surface area contributed by atoms with Crippen LogP contribution in [0.3, 0.4) is 0 Å². The smallest absolute Gasteiger partial charge is 0.305 e. The summed E-state index contributed by atoms with van der Waals surface area (Å²) in [6.45, 7) is 0.566. The maximum absolute atomic E-state index is 11.4. The molecule has 3 atom stereocenters. The van der Waals surface area contributed by atoms with E-state index in [1.807, 2.05) is 0 Å². The van der Waals surface area contributed by atoms with Crippen molar-refractivity contribution in [3.05, 3.63) is 0 Å². The predicted octanol–water partition coefficient (Wildman–Crippen LogP) is -1.95. The number of carboxylic acids is 1. The van der Waals surface area contributed by atoms with Crippen LogP contribution in [0.25, 0.3) is 0 Å². The quantitative estimate of drug-likeness (QED) is 0.447. The van der Waals surface area contributed by atoms with Gasteiger partial charge in [-0.3, -0.25) is 9.59 Å². The zero-order valence-electron chi connectivity index (χ0n) is 8.76. The second-order valence-corrected chi connectivity index (χ2v) is 3.84. The molecule has 1 aliphatic rings. The Bertz CT molecular complexity index is 271. The Kier molecular flexibility index (Phi) is 4.66. The van der Waals surface area contributed by atoms with Crippen molar-refractivity contribution < 1.29 is 24.5 Å². The third-order valence-corrected chi connectivity index (χ3v) is 2.26. The number of aliphatic hydroxyl groups excluding tert-OH is 1. The van der Waals surface area contributed by atoms with Gasteiger partial charge >= 0.3 is 5.97 Å². The lowest BCUT2D eigenvalue weighted by molar-refractivity contribution is -0.139. The molecule has 92 valence electrons. The van der Waals surface area contributed by atoms with Gasteiger partial charge in [0, 0.05) is 0 Å².